The summed E-state index contributed by atoms with van der Waals surface area (Å²) in [4.78, 5) is 16.2. The minimum absolute atomic E-state index is 0.116. The smallest absolute Gasteiger partial charge is 0.261 e. The van der Waals surface area contributed by atoms with Gasteiger partial charge in [0, 0.05) is 25.5 Å². The average Bonchev–Trinajstić information content (AvgIpc) is 3.04. The van der Waals surface area contributed by atoms with E-state index < -0.39 is 0 Å². The Balaban J connectivity index is 1.55. The monoisotopic (exact) mass is 299 g/mol. The first-order valence-electron chi connectivity index (χ1n) is 5.83. The van der Waals surface area contributed by atoms with E-state index in [1.165, 1.54) is 11.3 Å². The number of ether oxygens (including phenoxy) is 1. The van der Waals surface area contributed by atoms with Crippen LogP contribution in [0.5, 0.6) is 0 Å². The lowest BCUT2D eigenvalue weighted by Gasteiger charge is -2.06. The molecule has 0 aliphatic carbocycles. The highest BCUT2D eigenvalue weighted by Crippen LogP contribution is 2.20. The van der Waals surface area contributed by atoms with Gasteiger partial charge in [-0.1, -0.05) is 11.6 Å². The molecule has 0 spiro atoms. The molecule has 0 saturated heterocycles. The normalized spacial score (nSPS) is 10.6. The molecule has 0 atom stereocenters. The van der Waals surface area contributed by atoms with Gasteiger partial charge in [-0.2, -0.15) is 0 Å². The number of thiophene rings is 1. The summed E-state index contributed by atoms with van der Waals surface area (Å²) in [5.41, 5.74) is 0. The fourth-order valence-corrected chi connectivity index (χ4v) is 2.41. The third kappa shape index (κ3) is 4.66. The summed E-state index contributed by atoms with van der Waals surface area (Å²) >= 11 is 7.03. The van der Waals surface area contributed by atoms with Crippen LogP contribution in [0, 0.1) is 0 Å². The number of hydrogen-bond acceptors (Lipinski definition) is 4. The van der Waals surface area contributed by atoms with Crippen molar-refractivity contribution in [1.82, 2.24) is 14.9 Å². The zero-order chi connectivity index (χ0) is 13.5. The SMILES string of the molecule is O=C(NCCOCCn1ccnc1)c1ccc(Cl)s1. The van der Waals surface area contributed by atoms with Gasteiger partial charge >= 0.3 is 0 Å². The highest BCUT2D eigenvalue weighted by Gasteiger charge is 2.07. The van der Waals surface area contributed by atoms with Gasteiger partial charge in [0.1, 0.15) is 0 Å². The van der Waals surface area contributed by atoms with Gasteiger partial charge in [-0.05, 0) is 12.1 Å². The van der Waals surface area contributed by atoms with Gasteiger partial charge in [-0.3, -0.25) is 4.79 Å². The molecule has 0 fully saturated rings. The Morgan fingerprint density at radius 1 is 1.47 bits per heavy atom. The van der Waals surface area contributed by atoms with Gasteiger partial charge in [0.15, 0.2) is 0 Å². The molecule has 0 aromatic carbocycles. The van der Waals surface area contributed by atoms with Gasteiger partial charge in [0.2, 0.25) is 0 Å². The maximum absolute atomic E-state index is 11.7. The first kappa shape index (κ1) is 14.0. The number of amides is 1. The van der Waals surface area contributed by atoms with Gasteiger partial charge in [0.05, 0.1) is 28.8 Å². The molecule has 2 heterocycles. The zero-order valence-electron chi connectivity index (χ0n) is 10.2. The second-order valence-electron chi connectivity index (χ2n) is 3.77. The largest absolute Gasteiger partial charge is 0.378 e. The number of aromatic nitrogens is 2. The van der Waals surface area contributed by atoms with E-state index in [-0.39, 0.29) is 5.91 Å². The highest BCUT2D eigenvalue weighted by molar-refractivity contribution is 7.17. The Morgan fingerprint density at radius 3 is 3.05 bits per heavy atom. The molecule has 19 heavy (non-hydrogen) atoms. The van der Waals surface area contributed by atoms with Crippen LogP contribution in [0.25, 0.3) is 0 Å². The van der Waals surface area contributed by atoms with Crippen LogP contribution >= 0.6 is 22.9 Å². The van der Waals surface area contributed by atoms with Crippen molar-refractivity contribution in [2.45, 2.75) is 6.54 Å². The third-order valence-electron chi connectivity index (χ3n) is 2.38. The summed E-state index contributed by atoms with van der Waals surface area (Å²) in [7, 11) is 0. The molecule has 0 aliphatic rings. The van der Waals surface area contributed by atoms with Crippen LogP contribution in [0.1, 0.15) is 9.67 Å². The molecule has 2 aromatic heterocycles. The Labute approximate surface area is 120 Å². The van der Waals surface area contributed by atoms with Gasteiger partial charge in [-0.25, -0.2) is 4.98 Å². The van der Waals surface area contributed by atoms with Crippen LogP contribution in [0.15, 0.2) is 30.9 Å². The fourth-order valence-electron chi connectivity index (χ4n) is 1.45. The molecule has 1 N–H and O–H groups in total. The zero-order valence-corrected chi connectivity index (χ0v) is 11.8. The van der Waals surface area contributed by atoms with E-state index in [1.54, 1.807) is 24.7 Å². The Bertz CT molecular complexity index is 513. The van der Waals surface area contributed by atoms with Crippen LogP contribution in [0.2, 0.25) is 4.34 Å². The van der Waals surface area contributed by atoms with E-state index in [0.717, 1.165) is 6.54 Å². The quantitative estimate of drug-likeness (QED) is 0.796. The van der Waals surface area contributed by atoms with Crippen LogP contribution in [-0.2, 0) is 11.3 Å². The van der Waals surface area contributed by atoms with E-state index in [9.17, 15) is 4.79 Å². The van der Waals surface area contributed by atoms with E-state index in [2.05, 4.69) is 10.3 Å². The van der Waals surface area contributed by atoms with Crippen molar-refractivity contribution < 1.29 is 9.53 Å². The van der Waals surface area contributed by atoms with E-state index in [1.807, 2.05) is 10.8 Å². The minimum Gasteiger partial charge on any atom is -0.378 e. The lowest BCUT2D eigenvalue weighted by molar-refractivity contribution is 0.0912. The number of hydrogen-bond donors (Lipinski definition) is 1. The van der Waals surface area contributed by atoms with Crippen molar-refractivity contribution in [3.63, 3.8) is 0 Å². The Kier molecular flexibility index (Phi) is 5.38. The summed E-state index contributed by atoms with van der Waals surface area (Å²) in [6, 6.07) is 3.42. The number of rotatable bonds is 7. The van der Waals surface area contributed by atoms with Crippen molar-refractivity contribution in [2.24, 2.45) is 0 Å². The van der Waals surface area contributed by atoms with Crippen molar-refractivity contribution in [2.75, 3.05) is 19.8 Å². The predicted molar refractivity (Wildman–Crippen MR) is 74.7 cm³/mol. The molecule has 0 aliphatic heterocycles. The standard InChI is InChI=1S/C12H14ClN3O2S/c13-11-2-1-10(19-11)12(17)15-4-7-18-8-6-16-5-3-14-9-16/h1-3,5,9H,4,6-8H2,(H,15,17). The van der Waals surface area contributed by atoms with Crippen molar-refractivity contribution in [3.05, 3.63) is 40.1 Å². The molecule has 0 radical (unpaired) electrons. The number of nitrogens with zero attached hydrogens (tertiary/aromatic N) is 2. The molecule has 0 bridgehead atoms. The summed E-state index contributed by atoms with van der Waals surface area (Å²) in [5.74, 6) is -0.116. The number of imidazole rings is 1. The van der Waals surface area contributed by atoms with Gasteiger partial charge < -0.3 is 14.6 Å². The van der Waals surface area contributed by atoms with Crippen molar-refractivity contribution in [3.8, 4) is 0 Å². The Morgan fingerprint density at radius 2 is 2.37 bits per heavy atom. The fraction of sp³-hybridized carbons (Fsp3) is 0.333. The lowest BCUT2D eigenvalue weighted by atomic mass is 10.4. The summed E-state index contributed by atoms with van der Waals surface area (Å²) in [6.07, 6.45) is 5.35. The Hall–Kier alpha value is -1.37. The minimum atomic E-state index is -0.116. The van der Waals surface area contributed by atoms with E-state index >= 15 is 0 Å². The summed E-state index contributed by atoms with van der Waals surface area (Å²) < 4.78 is 7.96. The molecular weight excluding hydrogens is 286 g/mol. The lowest BCUT2D eigenvalue weighted by Crippen LogP contribution is -2.26. The third-order valence-corrected chi connectivity index (χ3v) is 3.61. The van der Waals surface area contributed by atoms with Gasteiger partial charge in [0.25, 0.3) is 5.91 Å². The number of carbonyl (C=O) groups excluding carboxylic acids is 1. The second kappa shape index (κ2) is 7.28. The molecule has 102 valence electrons. The summed E-state index contributed by atoms with van der Waals surface area (Å²) in [6.45, 7) is 2.32. The van der Waals surface area contributed by atoms with Crippen LogP contribution < -0.4 is 5.32 Å². The molecule has 7 heteroatoms. The first-order chi connectivity index (χ1) is 9.25. The topological polar surface area (TPSA) is 56.1 Å². The molecule has 5 nitrogen and oxygen atoms in total. The van der Waals surface area contributed by atoms with Crippen LogP contribution in [0.4, 0.5) is 0 Å². The predicted octanol–water partition coefficient (Wildman–Crippen LogP) is 2.04. The number of carbonyl (C=O) groups is 1. The number of nitrogens with one attached hydrogen (secondary N) is 1. The highest BCUT2D eigenvalue weighted by atomic mass is 35.5. The van der Waals surface area contributed by atoms with E-state index in [0.29, 0.717) is 29.0 Å². The van der Waals surface area contributed by atoms with E-state index in [4.69, 9.17) is 16.3 Å². The second-order valence-corrected chi connectivity index (χ2v) is 5.49. The molecular formula is C12H14ClN3O2S. The molecule has 1 amide bonds. The number of halogens is 1. The van der Waals surface area contributed by atoms with Crippen molar-refractivity contribution >= 4 is 28.8 Å². The van der Waals surface area contributed by atoms with Crippen LogP contribution in [0.3, 0.4) is 0 Å². The molecule has 0 unspecified atom stereocenters. The average molecular weight is 300 g/mol. The maximum Gasteiger partial charge on any atom is 0.261 e. The summed E-state index contributed by atoms with van der Waals surface area (Å²) in [5, 5.41) is 2.77. The van der Waals surface area contributed by atoms with Gasteiger partial charge in [-0.15, -0.1) is 11.3 Å². The first-order valence-corrected chi connectivity index (χ1v) is 7.02. The maximum atomic E-state index is 11.7. The van der Waals surface area contributed by atoms with Crippen LogP contribution in [-0.4, -0.2) is 35.2 Å². The molecule has 2 rings (SSSR count). The molecule has 2 aromatic rings. The van der Waals surface area contributed by atoms with Crippen molar-refractivity contribution in [1.29, 1.82) is 0 Å². The molecule has 0 saturated carbocycles.